The molecule has 1 aromatic carbocycles. The Kier molecular flexibility index (Phi) is 4.13. The number of anilines is 1. The number of aryl methyl sites for hydroxylation is 1. The van der Waals surface area contributed by atoms with Crippen molar-refractivity contribution < 1.29 is 9.47 Å². The number of nitrogens with one attached hydrogen (secondary N) is 1. The predicted molar refractivity (Wildman–Crippen MR) is 74.2 cm³/mol. The average Bonchev–Trinajstić information content (AvgIpc) is 2.40. The van der Waals surface area contributed by atoms with Gasteiger partial charge in [-0.05, 0) is 44.4 Å². The summed E-state index contributed by atoms with van der Waals surface area (Å²) in [6.45, 7) is 4.97. The van der Waals surface area contributed by atoms with Gasteiger partial charge in [0.1, 0.15) is 11.9 Å². The van der Waals surface area contributed by atoms with E-state index in [1.165, 1.54) is 0 Å². The Balaban J connectivity index is 2.03. The highest BCUT2D eigenvalue weighted by Gasteiger charge is 2.12. The molecule has 0 saturated carbocycles. The molecule has 1 aromatic rings. The van der Waals surface area contributed by atoms with Crippen LogP contribution in [0.2, 0.25) is 0 Å². The van der Waals surface area contributed by atoms with Crippen molar-refractivity contribution in [2.45, 2.75) is 32.8 Å². The standard InChI is InChI=1S/C15H21NO2/c1-11-7-8-14(12(2)15(11)17-3)16-10-13-6-4-5-9-18-13/h5,7-9,13,16H,4,6,10H2,1-3H3. The zero-order valence-corrected chi connectivity index (χ0v) is 11.3. The molecule has 1 aliphatic heterocycles. The second-order valence-electron chi connectivity index (χ2n) is 4.68. The third-order valence-corrected chi connectivity index (χ3v) is 3.35. The zero-order chi connectivity index (χ0) is 13.0. The Morgan fingerprint density at radius 1 is 1.39 bits per heavy atom. The first-order valence-corrected chi connectivity index (χ1v) is 6.41. The second-order valence-corrected chi connectivity index (χ2v) is 4.68. The first-order valence-electron chi connectivity index (χ1n) is 6.41. The number of hydrogen-bond acceptors (Lipinski definition) is 3. The summed E-state index contributed by atoms with van der Waals surface area (Å²) in [4.78, 5) is 0. The van der Waals surface area contributed by atoms with Gasteiger partial charge < -0.3 is 14.8 Å². The summed E-state index contributed by atoms with van der Waals surface area (Å²) < 4.78 is 11.0. The highest BCUT2D eigenvalue weighted by molar-refractivity contribution is 5.59. The fourth-order valence-electron chi connectivity index (χ4n) is 2.29. The van der Waals surface area contributed by atoms with Crippen molar-refractivity contribution in [3.63, 3.8) is 0 Å². The molecule has 0 fully saturated rings. The van der Waals surface area contributed by atoms with Gasteiger partial charge >= 0.3 is 0 Å². The van der Waals surface area contributed by atoms with Gasteiger partial charge in [-0.1, -0.05) is 6.07 Å². The molecule has 0 aliphatic carbocycles. The summed E-state index contributed by atoms with van der Waals surface area (Å²) in [5.41, 5.74) is 3.44. The summed E-state index contributed by atoms with van der Waals surface area (Å²) >= 11 is 0. The van der Waals surface area contributed by atoms with Crippen LogP contribution in [0, 0.1) is 13.8 Å². The fraction of sp³-hybridized carbons (Fsp3) is 0.467. The summed E-state index contributed by atoms with van der Waals surface area (Å²) in [5, 5.41) is 3.45. The van der Waals surface area contributed by atoms with Crippen molar-refractivity contribution in [3.05, 3.63) is 35.6 Å². The molecule has 0 saturated heterocycles. The molecule has 1 heterocycles. The van der Waals surface area contributed by atoms with Crippen molar-refractivity contribution in [2.75, 3.05) is 19.0 Å². The Hall–Kier alpha value is -1.64. The Labute approximate surface area is 109 Å². The van der Waals surface area contributed by atoms with Gasteiger partial charge in [-0.2, -0.15) is 0 Å². The van der Waals surface area contributed by atoms with E-state index in [-0.39, 0.29) is 6.10 Å². The lowest BCUT2D eigenvalue weighted by atomic mass is 10.1. The smallest absolute Gasteiger partial charge is 0.126 e. The normalized spacial score (nSPS) is 18.3. The van der Waals surface area contributed by atoms with E-state index in [1.54, 1.807) is 13.4 Å². The lowest BCUT2D eigenvalue weighted by Gasteiger charge is -2.21. The number of rotatable bonds is 4. The van der Waals surface area contributed by atoms with Crippen molar-refractivity contribution in [1.29, 1.82) is 0 Å². The van der Waals surface area contributed by atoms with E-state index in [1.807, 2.05) is 0 Å². The van der Waals surface area contributed by atoms with Gasteiger partial charge in [0.05, 0.1) is 19.9 Å². The van der Waals surface area contributed by atoms with Gasteiger partial charge in [0.25, 0.3) is 0 Å². The van der Waals surface area contributed by atoms with Gasteiger partial charge in [-0.15, -0.1) is 0 Å². The molecule has 18 heavy (non-hydrogen) atoms. The number of allylic oxidation sites excluding steroid dienone is 1. The molecule has 0 amide bonds. The first-order chi connectivity index (χ1) is 8.72. The number of benzene rings is 1. The second kappa shape index (κ2) is 5.80. The monoisotopic (exact) mass is 247 g/mol. The van der Waals surface area contributed by atoms with Crippen molar-refractivity contribution in [1.82, 2.24) is 0 Å². The minimum absolute atomic E-state index is 0.265. The highest BCUT2D eigenvalue weighted by atomic mass is 16.5. The van der Waals surface area contributed by atoms with Crippen LogP contribution in [-0.2, 0) is 4.74 Å². The van der Waals surface area contributed by atoms with E-state index in [0.29, 0.717) is 0 Å². The molecule has 0 bridgehead atoms. The molecule has 0 aromatic heterocycles. The SMILES string of the molecule is COc1c(C)ccc(NCC2CCC=CO2)c1C. The van der Waals surface area contributed by atoms with Gasteiger partial charge in [-0.25, -0.2) is 0 Å². The molecule has 1 atom stereocenters. The number of methoxy groups -OCH3 is 1. The quantitative estimate of drug-likeness (QED) is 0.884. The van der Waals surface area contributed by atoms with Crippen LogP contribution in [0.4, 0.5) is 5.69 Å². The molecule has 3 nitrogen and oxygen atoms in total. The summed E-state index contributed by atoms with van der Waals surface area (Å²) in [7, 11) is 1.72. The average molecular weight is 247 g/mol. The van der Waals surface area contributed by atoms with Gasteiger partial charge in [0, 0.05) is 11.3 Å². The van der Waals surface area contributed by atoms with Crippen LogP contribution in [0.5, 0.6) is 5.75 Å². The van der Waals surface area contributed by atoms with Gasteiger partial charge in [0.2, 0.25) is 0 Å². The molecule has 0 radical (unpaired) electrons. The third-order valence-electron chi connectivity index (χ3n) is 3.35. The van der Waals surface area contributed by atoms with E-state index >= 15 is 0 Å². The summed E-state index contributed by atoms with van der Waals surface area (Å²) in [5.74, 6) is 0.962. The first kappa shape index (κ1) is 12.8. The molecule has 3 heteroatoms. The van der Waals surface area contributed by atoms with E-state index in [9.17, 15) is 0 Å². The molecule has 98 valence electrons. The molecular weight excluding hydrogens is 226 g/mol. The maximum Gasteiger partial charge on any atom is 0.126 e. The topological polar surface area (TPSA) is 30.5 Å². The zero-order valence-electron chi connectivity index (χ0n) is 11.3. The van der Waals surface area contributed by atoms with Crippen molar-refractivity contribution in [2.24, 2.45) is 0 Å². The van der Waals surface area contributed by atoms with Crippen LogP contribution in [-0.4, -0.2) is 19.8 Å². The molecule has 1 N–H and O–H groups in total. The van der Waals surface area contributed by atoms with Crippen LogP contribution in [0.1, 0.15) is 24.0 Å². The van der Waals surface area contributed by atoms with Gasteiger partial charge in [0.15, 0.2) is 0 Å². The Bertz CT molecular complexity index is 440. The molecule has 2 rings (SSSR count). The predicted octanol–water partition coefficient (Wildman–Crippen LogP) is 3.42. The van der Waals surface area contributed by atoms with Crippen LogP contribution in [0.3, 0.4) is 0 Å². The van der Waals surface area contributed by atoms with E-state index in [4.69, 9.17) is 9.47 Å². The van der Waals surface area contributed by atoms with E-state index < -0.39 is 0 Å². The third kappa shape index (κ3) is 2.78. The number of hydrogen-bond donors (Lipinski definition) is 1. The Morgan fingerprint density at radius 3 is 2.89 bits per heavy atom. The van der Waals surface area contributed by atoms with E-state index in [2.05, 4.69) is 37.4 Å². The molecular formula is C15H21NO2. The van der Waals surface area contributed by atoms with Crippen LogP contribution in [0.15, 0.2) is 24.5 Å². The summed E-state index contributed by atoms with van der Waals surface area (Å²) in [6, 6.07) is 4.18. The maximum atomic E-state index is 5.55. The molecule has 0 spiro atoms. The van der Waals surface area contributed by atoms with Crippen molar-refractivity contribution in [3.8, 4) is 5.75 Å². The molecule has 1 unspecified atom stereocenters. The minimum Gasteiger partial charge on any atom is -0.497 e. The van der Waals surface area contributed by atoms with Crippen molar-refractivity contribution >= 4 is 5.69 Å². The largest absolute Gasteiger partial charge is 0.497 e. The lowest BCUT2D eigenvalue weighted by molar-refractivity contribution is 0.135. The maximum absolute atomic E-state index is 5.55. The summed E-state index contributed by atoms with van der Waals surface area (Å²) in [6.07, 6.45) is 6.31. The minimum atomic E-state index is 0.265. The van der Waals surface area contributed by atoms with Crippen LogP contribution in [0.25, 0.3) is 0 Å². The van der Waals surface area contributed by atoms with Crippen LogP contribution >= 0.6 is 0 Å². The molecule has 1 aliphatic rings. The van der Waals surface area contributed by atoms with Crippen LogP contribution < -0.4 is 10.1 Å². The Morgan fingerprint density at radius 2 is 2.22 bits per heavy atom. The van der Waals surface area contributed by atoms with Gasteiger partial charge in [-0.3, -0.25) is 0 Å². The number of ether oxygens (including phenoxy) is 2. The fourth-order valence-corrected chi connectivity index (χ4v) is 2.29. The lowest BCUT2D eigenvalue weighted by Crippen LogP contribution is -2.23. The highest BCUT2D eigenvalue weighted by Crippen LogP contribution is 2.29. The van der Waals surface area contributed by atoms with E-state index in [0.717, 1.165) is 42.0 Å².